The summed E-state index contributed by atoms with van der Waals surface area (Å²) in [6.07, 6.45) is 2.98. The van der Waals surface area contributed by atoms with Gasteiger partial charge in [-0.2, -0.15) is 0 Å². The van der Waals surface area contributed by atoms with Crippen molar-refractivity contribution in [1.29, 1.82) is 0 Å². The summed E-state index contributed by atoms with van der Waals surface area (Å²) in [5.41, 5.74) is -0.0812. The molecular formula is C12H7BrClN3O3. The van der Waals surface area contributed by atoms with Crippen molar-refractivity contribution in [3.05, 3.63) is 61.8 Å². The topological polar surface area (TPSA) is 85.1 Å². The van der Waals surface area contributed by atoms with Crippen LogP contribution in [0.25, 0.3) is 0 Å². The normalized spacial score (nSPS) is 10.1. The molecule has 2 aromatic rings. The van der Waals surface area contributed by atoms with Gasteiger partial charge < -0.3 is 5.32 Å². The first-order valence-electron chi connectivity index (χ1n) is 5.34. The summed E-state index contributed by atoms with van der Waals surface area (Å²) in [5.74, 6) is -0.658. The first-order valence-corrected chi connectivity index (χ1v) is 6.51. The van der Waals surface area contributed by atoms with Crippen LogP contribution in [0.1, 0.15) is 10.4 Å². The largest absolute Gasteiger partial charge is 0.321 e. The standard InChI is InChI=1S/C12H7BrClN3O3/c13-7-6-15-5-4-9(7)16-12(18)11-8(14)2-1-3-10(11)17(19)20/h1-6H,(H,15,16,18). The molecule has 102 valence electrons. The predicted molar refractivity (Wildman–Crippen MR) is 78.0 cm³/mol. The number of amides is 1. The van der Waals surface area contributed by atoms with Crippen molar-refractivity contribution in [2.45, 2.75) is 0 Å². The molecule has 0 unspecified atom stereocenters. The molecule has 0 aliphatic carbocycles. The van der Waals surface area contributed by atoms with Crippen LogP contribution in [0.3, 0.4) is 0 Å². The van der Waals surface area contributed by atoms with E-state index < -0.39 is 10.8 Å². The molecule has 1 heterocycles. The number of hydrogen-bond acceptors (Lipinski definition) is 4. The van der Waals surface area contributed by atoms with Crippen molar-refractivity contribution in [1.82, 2.24) is 4.98 Å². The maximum Gasteiger partial charge on any atom is 0.283 e. The highest BCUT2D eigenvalue weighted by molar-refractivity contribution is 9.10. The molecule has 8 heteroatoms. The van der Waals surface area contributed by atoms with Crippen LogP contribution in [-0.2, 0) is 0 Å². The number of nitrogens with one attached hydrogen (secondary N) is 1. The summed E-state index contributed by atoms with van der Waals surface area (Å²) in [6.45, 7) is 0. The second kappa shape index (κ2) is 5.98. The molecular weight excluding hydrogens is 350 g/mol. The van der Waals surface area contributed by atoms with E-state index in [0.29, 0.717) is 10.2 Å². The van der Waals surface area contributed by atoms with Gasteiger partial charge in [0.25, 0.3) is 11.6 Å². The number of hydrogen-bond donors (Lipinski definition) is 1. The molecule has 0 aliphatic heterocycles. The van der Waals surface area contributed by atoms with Crippen molar-refractivity contribution in [2.75, 3.05) is 5.32 Å². The van der Waals surface area contributed by atoms with Gasteiger partial charge in [0.05, 0.1) is 20.1 Å². The summed E-state index contributed by atoms with van der Waals surface area (Å²) in [5, 5.41) is 13.5. The monoisotopic (exact) mass is 355 g/mol. The summed E-state index contributed by atoms with van der Waals surface area (Å²) in [7, 11) is 0. The molecule has 0 radical (unpaired) electrons. The maximum atomic E-state index is 12.2. The van der Waals surface area contributed by atoms with E-state index in [0.717, 1.165) is 0 Å². The lowest BCUT2D eigenvalue weighted by molar-refractivity contribution is -0.385. The van der Waals surface area contributed by atoms with Gasteiger partial charge in [-0.05, 0) is 28.1 Å². The number of aromatic nitrogens is 1. The van der Waals surface area contributed by atoms with Crippen LogP contribution in [0.2, 0.25) is 5.02 Å². The average Bonchev–Trinajstić information content (AvgIpc) is 2.40. The first kappa shape index (κ1) is 14.4. The summed E-state index contributed by atoms with van der Waals surface area (Å²) in [6, 6.07) is 5.62. The van der Waals surface area contributed by atoms with E-state index in [4.69, 9.17) is 11.6 Å². The van der Waals surface area contributed by atoms with Crippen LogP contribution in [0.15, 0.2) is 41.1 Å². The predicted octanol–water partition coefficient (Wildman–Crippen LogP) is 3.66. The van der Waals surface area contributed by atoms with Crippen LogP contribution in [0, 0.1) is 10.1 Å². The fraction of sp³-hybridized carbons (Fsp3) is 0. The number of carbonyl (C=O) groups is 1. The van der Waals surface area contributed by atoms with E-state index in [-0.39, 0.29) is 16.3 Å². The Kier molecular flexibility index (Phi) is 4.31. The fourth-order valence-electron chi connectivity index (χ4n) is 1.55. The Hall–Kier alpha value is -1.99. The molecule has 1 N–H and O–H groups in total. The van der Waals surface area contributed by atoms with Crippen molar-refractivity contribution >= 4 is 44.8 Å². The van der Waals surface area contributed by atoms with E-state index in [1.807, 2.05) is 0 Å². The van der Waals surface area contributed by atoms with Gasteiger partial charge in [-0.1, -0.05) is 17.7 Å². The van der Waals surface area contributed by atoms with Gasteiger partial charge in [0.15, 0.2) is 0 Å². The lowest BCUT2D eigenvalue weighted by Gasteiger charge is -2.08. The highest BCUT2D eigenvalue weighted by atomic mass is 79.9. The second-order valence-electron chi connectivity index (χ2n) is 3.70. The number of halogens is 2. The fourth-order valence-corrected chi connectivity index (χ4v) is 2.16. The molecule has 0 bridgehead atoms. The Morgan fingerprint density at radius 2 is 2.15 bits per heavy atom. The van der Waals surface area contributed by atoms with Gasteiger partial charge in [-0.25, -0.2) is 0 Å². The van der Waals surface area contributed by atoms with Crippen molar-refractivity contribution in [3.63, 3.8) is 0 Å². The van der Waals surface area contributed by atoms with E-state index in [2.05, 4.69) is 26.2 Å². The van der Waals surface area contributed by atoms with E-state index >= 15 is 0 Å². The third kappa shape index (κ3) is 2.94. The zero-order valence-electron chi connectivity index (χ0n) is 9.84. The number of carbonyl (C=O) groups excluding carboxylic acids is 1. The minimum absolute atomic E-state index is 0.0156. The SMILES string of the molecule is O=C(Nc1ccncc1Br)c1c(Cl)cccc1[N+](=O)[O-]. The highest BCUT2D eigenvalue weighted by Crippen LogP contribution is 2.28. The number of rotatable bonds is 3. The molecule has 2 rings (SSSR count). The Morgan fingerprint density at radius 3 is 2.80 bits per heavy atom. The lowest BCUT2D eigenvalue weighted by atomic mass is 10.1. The number of anilines is 1. The molecule has 1 aromatic heterocycles. The number of benzene rings is 1. The summed E-state index contributed by atoms with van der Waals surface area (Å²) < 4.78 is 0.558. The van der Waals surface area contributed by atoms with Gasteiger partial charge in [-0.15, -0.1) is 0 Å². The van der Waals surface area contributed by atoms with Crippen LogP contribution in [-0.4, -0.2) is 15.8 Å². The van der Waals surface area contributed by atoms with E-state index in [9.17, 15) is 14.9 Å². The first-order chi connectivity index (χ1) is 9.50. The molecule has 1 aromatic carbocycles. The second-order valence-corrected chi connectivity index (χ2v) is 4.96. The van der Waals surface area contributed by atoms with Crippen LogP contribution < -0.4 is 5.32 Å². The molecule has 0 spiro atoms. The molecule has 6 nitrogen and oxygen atoms in total. The minimum Gasteiger partial charge on any atom is -0.321 e. The van der Waals surface area contributed by atoms with Crippen molar-refractivity contribution < 1.29 is 9.72 Å². The quantitative estimate of drug-likeness (QED) is 0.672. The van der Waals surface area contributed by atoms with Crippen LogP contribution >= 0.6 is 27.5 Å². The van der Waals surface area contributed by atoms with Gasteiger partial charge in [0, 0.05) is 18.5 Å². The smallest absolute Gasteiger partial charge is 0.283 e. The number of nitro groups is 1. The highest BCUT2D eigenvalue weighted by Gasteiger charge is 2.23. The summed E-state index contributed by atoms with van der Waals surface area (Å²) >= 11 is 9.10. The molecule has 0 saturated carbocycles. The zero-order valence-corrected chi connectivity index (χ0v) is 12.2. The molecule has 0 aliphatic rings. The molecule has 0 fully saturated rings. The Bertz CT molecular complexity index is 693. The van der Waals surface area contributed by atoms with Gasteiger partial charge in [-0.3, -0.25) is 19.9 Å². The third-order valence-corrected chi connectivity index (χ3v) is 3.38. The Labute approximate surface area is 127 Å². The van der Waals surface area contributed by atoms with Crippen molar-refractivity contribution in [3.8, 4) is 0 Å². The Balaban J connectivity index is 2.40. The van der Waals surface area contributed by atoms with Gasteiger partial charge in [0.1, 0.15) is 5.56 Å². The Morgan fingerprint density at radius 1 is 1.40 bits per heavy atom. The van der Waals surface area contributed by atoms with Gasteiger partial charge >= 0.3 is 0 Å². The van der Waals surface area contributed by atoms with E-state index in [1.54, 1.807) is 6.07 Å². The summed E-state index contributed by atoms with van der Waals surface area (Å²) in [4.78, 5) is 26.3. The molecule has 0 atom stereocenters. The van der Waals surface area contributed by atoms with E-state index in [1.165, 1.54) is 30.6 Å². The third-order valence-electron chi connectivity index (χ3n) is 2.44. The van der Waals surface area contributed by atoms with Gasteiger partial charge in [0.2, 0.25) is 0 Å². The average molecular weight is 357 g/mol. The number of nitro benzene ring substituents is 1. The number of nitrogens with zero attached hydrogens (tertiary/aromatic N) is 2. The van der Waals surface area contributed by atoms with Crippen molar-refractivity contribution in [2.24, 2.45) is 0 Å². The van der Waals surface area contributed by atoms with Crippen LogP contribution in [0.5, 0.6) is 0 Å². The molecule has 0 saturated heterocycles. The van der Waals surface area contributed by atoms with Crippen LogP contribution in [0.4, 0.5) is 11.4 Å². The molecule has 1 amide bonds. The number of pyridine rings is 1. The maximum absolute atomic E-state index is 12.2. The minimum atomic E-state index is -0.658. The zero-order chi connectivity index (χ0) is 14.7. The lowest BCUT2D eigenvalue weighted by Crippen LogP contribution is -2.15. The molecule has 20 heavy (non-hydrogen) atoms.